The summed E-state index contributed by atoms with van der Waals surface area (Å²) >= 11 is 0. The first kappa shape index (κ1) is 14.0. The number of piperidine rings is 1. The Kier molecular flexibility index (Phi) is 4.20. The van der Waals surface area contributed by atoms with Gasteiger partial charge in [0.15, 0.2) is 0 Å². The Labute approximate surface area is 114 Å². The minimum Gasteiger partial charge on any atom is -0.337 e. The largest absolute Gasteiger partial charge is 0.337 e. The van der Waals surface area contributed by atoms with Gasteiger partial charge in [-0.05, 0) is 57.1 Å². The number of halogens is 1. The highest BCUT2D eigenvalue weighted by Gasteiger charge is 2.25. The molecule has 0 saturated carbocycles. The van der Waals surface area contributed by atoms with Crippen LogP contribution < -0.4 is 0 Å². The quantitative estimate of drug-likeness (QED) is 0.818. The van der Waals surface area contributed by atoms with Crippen LogP contribution in [0.15, 0.2) is 18.2 Å². The van der Waals surface area contributed by atoms with Crippen LogP contribution >= 0.6 is 0 Å². The van der Waals surface area contributed by atoms with Crippen molar-refractivity contribution >= 4 is 5.91 Å². The van der Waals surface area contributed by atoms with E-state index in [9.17, 15) is 9.18 Å². The van der Waals surface area contributed by atoms with Crippen molar-refractivity contribution in [3.8, 4) is 0 Å². The van der Waals surface area contributed by atoms with Gasteiger partial charge in [0.1, 0.15) is 5.82 Å². The molecule has 1 unspecified atom stereocenters. The van der Waals surface area contributed by atoms with Crippen LogP contribution in [0.3, 0.4) is 0 Å². The molecule has 0 N–H and O–H groups in total. The zero-order valence-corrected chi connectivity index (χ0v) is 11.8. The Morgan fingerprint density at radius 3 is 2.84 bits per heavy atom. The maximum atomic E-state index is 13.1. The number of carbonyl (C=O) groups is 1. The van der Waals surface area contributed by atoms with E-state index >= 15 is 0 Å². The third kappa shape index (κ3) is 3.13. The van der Waals surface area contributed by atoms with Crippen LogP contribution in [-0.2, 0) is 0 Å². The molecule has 1 saturated heterocycles. The Balaban J connectivity index is 2.14. The number of rotatable bonds is 2. The molecule has 1 amide bonds. The van der Waals surface area contributed by atoms with Gasteiger partial charge in [-0.3, -0.25) is 4.79 Å². The fraction of sp³-hybridized carbons (Fsp3) is 0.533. The fourth-order valence-electron chi connectivity index (χ4n) is 2.68. The molecule has 1 heterocycles. The average Bonchev–Trinajstić information content (AvgIpc) is 2.37. The van der Waals surface area contributed by atoms with E-state index in [1.54, 1.807) is 17.9 Å². The molecule has 2 rings (SSSR count). The minimum absolute atomic E-state index is 0.0159. The maximum Gasteiger partial charge on any atom is 0.254 e. The molecule has 0 spiro atoms. The molecular formula is C15H21FN2O. The fourth-order valence-corrected chi connectivity index (χ4v) is 2.68. The Morgan fingerprint density at radius 1 is 1.47 bits per heavy atom. The van der Waals surface area contributed by atoms with Crippen molar-refractivity contribution in [3.63, 3.8) is 0 Å². The third-order valence-electron chi connectivity index (χ3n) is 3.89. The Hall–Kier alpha value is -1.42. The molecule has 1 aliphatic rings. The zero-order valence-electron chi connectivity index (χ0n) is 11.8. The topological polar surface area (TPSA) is 23.6 Å². The van der Waals surface area contributed by atoms with Gasteiger partial charge in [0.25, 0.3) is 5.91 Å². The van der Waals surface area contributed by atoms with E-state index in [2.05, 4.69) is 11.9 Å². The van der Waals surface area contributed by atoms with Crippen molar-refractivity contribution in [2.45, 2.75) is 25.8 Å². The number of nitrogens with zero attached hydrogens (tertiary/aromatic N) is 2. The van der Waals surface area contributed by atoms with Crippen molar-refractivity contribution < 1.29 is 9.18 Å². The minimum atomic E-state index is -0.297. The van der Waals surface area contributed by atoms with Crippen LogP contribution in [0.25, 0.3) is 0 Å². The van der Waals surface area contributed by atoms with E-state index in [0.717, 1.165) is 25.9 Å². The number of likely N-dealkylation sites (tertiary alicyclic amines) is 1. The molecule has 1 fully saturated rings. The summed E-state index contributed by atoms with van der Waals surface area (Å²) in [5.41, 5.74) is 1.29. The first-order valence-electron chi connectivity index (χ1n) is 6.71. The zero-order chi connectivity index (χ0) is 14.0. The van der Waals surface area contributed by atoms with E-state index in [-0.39, 0.29) is 17.8 Å². The molecule has 0 aromatic heterocycles. The van der Waals surface area contributed by atoms with Crippen LogP contribution in [0.1, 0.15) is 28.8 Å². The van der Waals surface area contributed by atoms with E-state index in [0.29, 0.717) is 11.1 Å². The van der Waals surface area contributed by atoms with Crippen LogP contribution in [0.2, 0.25) is 0 Å². The van der Waals surface area contributed by atoms with Crippen LogP contribution in [0.5, 0.6) is 0 Å². The maximum absolute atomic E-state index is 13.1. The van der Waals surface area contributed by atoms with Crippen LogP contribution in [-0.4, -0.2) is 48.9 Å². The molecule has 1 atom stereocenters. The van der Waals surface area contributed by atoms with Crippen molar-refractivity contribution in [2.75, 3.05) is 27.2 Å². The molecule has 1 aromatic rings. The molecule has 4 heteroatoms. The summed E-state index contributed by atoms with van der Waals surface area (Å²) < 4.78 is 13.1. The second kappa shape index (κ2) is 5.70. The van der Waals surface area contributed by atoms with Gasteiger partial charge in [0.05, 0.1) is 0 Å². The number of hydrogen-bond acceptors (Lipinski definition) is 2. The van der Waals surface area contributed by atoms with Crippen molar-refractivity contribution in [1.29, 1.82) is 0 Å². The van der Waals surface area contributed by atoms with E-state index in [4.69, 9.17) is 0 Å². The monoisotopic (exact) mass is 264 g/mol. The molecule has 1 aliphatic heterocycles. The van der Waals surface area contributed by atoms with Gasteiger partial charge in [-0.1, -0.05) is 0 Å². The lowest BCUT2D eigenvalue weighted by molar-refractivity contribution is 0.0643. The normalized spacial score (nSPS) is 20.3. The van der Waals surface area contributed by atoms with Crippen LogP contribution in [0.4, 0.5) is 4.39 Å². The van der Waals surface area contributed by atoms with Gasteiger partial charge in [0, 0.05) is 25.2 Å². The van der Waals surface area contributed by atoms with Gasteiger partial charge in [-0.2, -0.15) is 0 Å². The SMILES string of the molecule is Cc1cc(F)ccc1C(=O)N(C)C1CCCN(C)C1. The second-order valence-electron chi connectivity index (χ2n) is 5.43. The predicted octanol–water partition coefficient (Wildman–Crippen LogP) is 2.30. The first-order valence-corrected chi connectivity index (χ1v) is 6.71. The number of carbonyl (C=O) groups excluding carboxylic acids is 1. The molecule has 19 heavy (non-hydrogen) atoms. The van der Waals surface area contributed by atoms with Gasteiger partial charge in [0.2, 0.25) is 0 Å². The number of hydrogen-bond donors (Lipinski definition) is 0. The predicted molar refractivity (Wildman–Crippen MR) is 73.7 cm³/mol. The standard InChI is InChI=1S/C15H21FN2O/c1-11-9-12(16)6-7-14(11)15(19)18(3)13-5-4-8-17(2)10-13/h6-7,9,13H,4-5,8,10H2,1-3H3. The summed E-state index contributed by atoms with van der Waals surface area (Å²) in [6, 6.07) is 4.58. The summed E-state index contributed by atoms with van der Waals surface area (Å²) in [5.74, 6) is -0.313. The summed E-state index contributed by atoms with van der Waals surface area (Å²) in [6.07, 6.45) is 2.15. The number of likely N-dealkylation sites (N-methyl/N-ethyl adjacent to an activating group) is 2. The molecule has 0 bridgehead atoms. The van der Waals surface area contributed by atoms with Crippen molar-refractivity contribution in [2.24, 2.45) is 0 Å². The average molecular weight is 264 g/mol. The Bertz CT molecular complexity index is 475. The number of benzene rings is 1. The number of amides is 1. The van der Waals surface area contributed by atoms with Gasteiger partial charge < -0.3 is 9.80 Å². The molecule has 1 aromatic carbocycles. The summed E-state index contributed by atoms with van der Waals surface area (Å²) in [4.78, 5) is 16.5. The molecule has 0 aliphatic carbocycles. The molecular weight excluding hydrogens is 243 g/mol. The third-order valence-corrected chi connectivity index (χ3v) is 3.89. The van der Waals surface area contributed by atoms with Gasteiger partial charge in [-0.25, -0.2) is 4.39 Å². The van der Waals surface area contributed by atoms with Gasteiger partial charge in [-0.15, -0.1) is 0 Å². The highest BCUT2D eigenvalue weighted by molar-refractivity contribution is 5.95. The first-order chi connectivity index (χ1) is 8.99. The lowest BCUT2D eigenvalue weighted by Gasteiger charge is -2.36. The van der Waals surface area contributed by atoms with Gasteiger partial charge >= 0.3 is 0 Å². The van der Waals surface area contributed by atoms with E-state index in [1.165, 1.54) is 12.1 Å². The van der Waals surface area contributed by atoms with E-state index < -0.39 is 0 Å². The van der Waals surface area contributed by atoms with E-state index in [1.807, 2.05) is 7.05 Å². The highest BCUT2D eigenvalue weighted by Crippen LogP contribution is 2.18. The number of aryl methyl sites for hydroxylation is 1. The highest BCUT2D eigenvalue weighted by atomic mass is 19.1. The molecule has 3 nitrogen and oxygen atoms in total. The summed E-state index contributed by atoms with van der Waals surface area (Å²) in [6.45, 7) is 3.77. The van der Waals surface area contributed by atoms with Crippen molar-refractivity contribution in [1.82, 2.24) is 9.80 Å². The summed E-state index contributed by atoms with van der Waals surface area (Å²) in [7, 11) is 3.92. The second-order valence-corrected chi connectivity index (χ2v) is 5.43. The molecule has 0 radical (unpaired) electrons. The lowest BCUT2D eigenvalue weighted by atomic mass is 10.0. The summed E-state index contributed by atoms with van der Waals surface area (Å²) in [5, 5.41) is 0. The Morgan fingerprint density at radius 2 is 2.21 bits per heavy atom. The molecule has 104 valence electrons. The van der Waals surface area contributed by atoms with Crippen molar-refractivity contribution in [3.05, 3.63) is 35.1 Å². The smallest absolute Gasteiger partial charge is 0.254 e. The lowest BCUT2D eigenvalue weighted by Crippen LogP contribution is -2.47. The van der Waals surface area contributed by atoms with Crippen LogP contribution in [0, 0.1) is 12.7 Å².